The van der Waals surface area contributed by atoms with E-state index in [1.54, 1.807) is 0 Å². The SMILES string of the molecule is CC(C)Cc1ccc(N(C)C(C)C#N)cc1. The lowest BCUT2D eigenvalue weighted by Crippen LogP contribution is -2.26. The van der Waals surface area contributed by atoms with Crippen molar-refractivity contribution in [3.05, 3.63) is 29.8 Å². The summed E-state index contributed by atoms with van der Waals surface area (Å²) >= 11 is 0. The van der Waals surface area contributed by atoms with Crippen LogP contribution in [0.1, 0.15) is 26.3 Å². The molecule has 1 unspecified atom stereocenters. The van der Waals surface area contributed by atoms with E-state index in [0.29, 0.717) is 5.92 Å². The molecule has 2 nitrogen and oxygen atoms in total. The summed E-state index contributed by atoms with van der Waals surface area (Å²) in [5, 5.41) is 8.85. The predicted octanol–water partition coefficient (Wildman–Crippen LogP) is 3.23. The zero-order valence-corrected chi connectivity index (χ0v) is 10.6. The van der Waals surface area contributed by atoms with E-state index in [9.17, 15) is 0 Å². The van der Waals surface area contributed by atoms with Crippen molar-refractivity contribution in [3.8, 4) is 6.07 Å². The van der Waals surface area contributed by atoms with Gasteiger partial charge in [0.25, 0.3) is 0 Å². The van der Waals surface area contributed by atoms with Crippen molar-refractivity contribution < 1.29 is 0 Å². The van der Waals surface area contributed by atoms with Crippen molar-refractivity contribution in [2.24, 2.45) is 5.92 Å². The molecule has 2 heteroatoms. The van der Waals surface area contributed by atoms with Crippen LogP contribution in [0.15, 0.2) is 24.3 Å². The van der Waals surface area contributed by atoms with Crippen LogP contribution in [0.3, 0.4) is 0 Å². The van der Waals surface area contributed by atoms with E-state index in [4.69, 9.17) is 5.26 Å². The molecule has 1 rings (SSSR count). The van der Waals surface area contributed by atoms with Crippen LogP contribution in [0.4, 0.5) is 5.69 Å². The average Bonchev–Trinajstić information content (AvgIpc) is 2.27. The van der Waals surface area contributed by atoms with Gasteiger partial charge in [-0.15, -0.1) is 0 Å². The molecule has 16 heavy (non-hydrogen) atoms. The Morgan fingerprint density at radius 1 is 1.19 bits per heavy atom. The van der Waals surface area contributed by atoms with Gasteiger partial charge >= 0.3 is 0 Å². The van der Waals surface area contributed by atoms with Crippen molar-refractivity contribution >= 4 is 5.69 Å². The highest BCUT2D eigenvalue weighted by molar-refractivity contribution is 5.48. The maximum Gasteiger partial charge on any atom is 0.113 e. The molecule has 0 aliphatic rings. The lowest BCUT2D eigenvalue weighted by Gasteiger charge is -2.21. The van der Waals surface area contributed by atoms with Crippen molar-refractivity contribution in [1.82, 2.24) is 0 Å². The summed E-state index contributed by atoms with van der Waals surface area (Å²) in [4.78, 5) is 1.99. The van der Waals surface area contributed by atoms with Gasteiger partial charge in [0.2, 0.25) is 0 Å². The zero-order chi connectivity index (χ0) is 12.1. The highest BCUT2D eigenvalue weighted by Crippen LogP contribution is 2.17. The first-order valence-electron chi connectivity index (χ1n) is 5.76. The molecule has 0 aliphatic carbocycles. The molecule has 0 aromatic heterocycles. The molecule has 0 saturated carbocycles. The smallest absolute Gasteiger partial charge is 0.113 e. The Hall–Kier alpha value is -1.49. The summed E-state index contributed by atoms with van der Waals surface area (Å²) in [6.45, 7) is 6.34. The fourth-order valence-corrected chi connectivity index (χ4v) is 1.65. The van der Waals surface area contributed by atoms with E-state index in [1.807, 2.05) is 18.9 Å². The normalized spacial score (nSPS) is 12.2. The van der Waals surface area contributed by atoms with E-state index >= 15 is 0 Å². The molecule has 0 heterocycles. The minimum Gasteiger partial charge on any atom is -0.359 e. The summed E-state index contributed by atoms with van der Waals surface area (Å²) in [5.74, 6) is 0.682. The summed E-state index contributed by atoms with van der Waals surface area (Å²) in [6.07, 6.45) is 1.11. The van der Waals surface area contributed by atoms with Gasteiger partial charge < -0.3 is 4.90 Å². The summed E-state index contributed by atoms with van der Waals surface area (Å²) in [6, 6.07) is 10.6. The molecule has 1 aromatic rings. The second kappa shape index (κ2) is 5.55. The van der Waals surface area contributed by atoms with Crippen LogP contribution in [-0.4, -0.2) is 13.1 Å². The first-order valence-corrected chi connectivity index (χ1v) is 5.76. The lowest BCUT2D eigenvalue weighted by molar-refractivity contribution is 0.647. The third kappa shape index (κ3) is 3.27. The van der Waals surface area contributed by atoms with Gasteiger partial charge in [-0.05, 0) is 37.0 Å². The van der Waals surface area contributed by atoms with E-state index < -0.39 is 0 Å². The minimum atomic E-state index is -0.0871. The number of hydrogen-bond acceptors (Lipinski definition) is 2. The number of anilines is 1. The number of rotatable bonds is 4. The Bertz CT molecular complexity index is 359. The average molecular weight is 216 g/mol. The summed E-state index contributed by atoms with van der Waals surface area (Å²) < 4.78 is 0. The third-order valence-corrected chi connectivity index (χ3v) is 2.76. The molecule has 0 saturated heterocycles. The quantitative estimate of drug-likeness (QED) is 0.772. The third-order valence-electron chi connectivity index (χ3n) is 2.76. The van der Waals surface area contributed by atoms with Gasteiger partial charge in [0, 0.05) is 12.7 Å². The van der Waals surface area contributed by atoms with E-state index in [2.05, 4.69) is 44.2 Å². The molecule has 0 aliphatic heterocycles. The molecule has 0 amide bonds. The Morgan fingerprint density at radius 3 is 2.19 bits per heavy atom. The second-order valence-corrected chi connectivity index (χ2v) is 4.68. The molecule has 0 fully saturated rings. The van der Waals surface area contributed by atoms with E-state index in [-0.39, 0.29) is 6.04 Å². The second-order valence-electron chi connectivity index (χ2n) is 4.68. The van der Waals surface area contributed by atoms with Gasteiger partial charge in [-0.2, -0.15) is 5.26 Å². The first kappa shape index (κ1) is 12.6. The van der Waals surface area contributed by atoms with Crippen LogP contribution < -0.4 is 4.90 Å². The van der Waals surface area contributed by atoms with Gasteiger partial charge in [0.1, 0.15) is 6.04 Å². The van der Waals surface area contributed by atoms with Crippen LogP contribution in [0, 0.1) is 17.2 Å². The fourth-order valence-electron chi connectivity index (χ4n) is 1.65. The fraction of sp³-hybridized carbons (Fsp3) is 0.500. The minimum absolute atomic E-state index is 0.0871. The van der Waals surface area contributed by atoms with Crippen molar-refractivity contribution in [2.45, 2.75) is 33.2 Å². The molecule has 0 N–H and O–H groups in total. The van der Waals surface area contributed by atoms with Gasteiger partial charge in [-0.3, -0.25) is 0 Å². The maximum atomic E-state index is 8.85. The van der Waals surface area contributed by atoms with Crippen molar-refractivity contribution in [2.75, 3.05) is 11.9 Å². The maximum absolute atomic E-state index is 8.85. The van der Waals surface area contributed by atoms with Gasteiger partial charge in [0.05, 0.1) is 6.07 Å². The molecular formula is C14H20N2. The molecule has 0 bridgehead atoms. The number of hydrogen-bond donors (Lipinski definition) is 0. The monoisotopic (exact) mass is 216 g/mol. The van der Waals surface area contributed by atoms with Gasteiger partial charge in [-0.1, -0.05) is 26.0 Å². The van der Waals surface area contributed by atoms with Crippen molar-refractivity contribution in [1.29, 1.82) is 5.26 Å². The highest BCUT2D eigenvalue weighted by Gasteiger charge is 2.08. The number of benzene rings is 1. The number of nitriles is 1. The molecule has 1 aromatic carbocycles. The molecule has 0 radical (unpaired) electrons. The Kier molecular flexibility index (Phi) is 4.37. The molecule has 1 atom stereocenters. The van der Waals surface area contributed by atoms with Gasteiger partial charge in [0.15, 0.2) is 0 Å². The largest absolute Gasteiger partial charge is 0.359 e. The zero-order valence-electron chi connectivity index (χ0n) is 10.6. The van der Waals surface area contributed by atoms with E-state index in [1.165, 1.54) is 5.56 Å². The van der Waals surface area contributed by atoms with Crippen LogP contribution in [0.25, 0.3) is 0 Å². The Morgan fingerprint density at radius 2 is 1.75 bits per heavy atom. The Labute approximate surface area is 98.5 Å². The molecule has 86 valence electrons. The number of nitrogens with zero attached hydrogens (tertiary/aromatic N) is 2. The van der Waals surface area contributed by atoms with Crippen molar-refractivity contribution in [3.63, 3.8) is 0 Å². The van der Waals surface area contributed by atoms with Crippen LogP contribution in [0.2, 0.25) is 0 Å². The van der Waals surface area contributed by atoms with E-state index in [0.717, 1.165) is 12.1 Å². The molecule has 0 spiro atoms. The highest BCUT2D eigenvalue weighted by atomic mass is 15.1. The van der Waals surface area contributed by atoms with Gasteiger partial charge in [-0.25, -0.2) is 0 Å². The standard InChI is InChI=1S/C14H20N2/c1-11(2)9-13-5-7-14(8-6-13)16(4)12(3)10-15/h5-8,11-12H,9H2,1-4H3. The summed E-state index contributed by atoms with van der Waals surface area (Å²) in [7, 11) is 1.95. The topological polar surface area (TPSA) is 27.0 Å². The van der Waals surface area contributed by atoms with Crippen LogP contribution in [-0.2, 0) is 6.42 Å². The molecular weight excluding hydrogens is 196 g/mol. The summed E-state index contributed by atoms with van der Waals surface area (Å²) in [5.41, 5.74) is 2.46. The Balaban J connectivity index is 2.75. The first-order chi connectivity index (χ1) is 7.54. The van der Waals surface area contributed by atoms with Crippen LogP contribution in [0.5, 0.6) is 0 Å². The predicted molar refractivity (Wildman–Crippen MR) is 68.5 cm³/mol. The van der Waals surface area contributed by atoms with Crippen LogP contribution >= 0.6 is 0 Å². The lowest BCUT2D eigenvalue weighted by atomic mass is 10.0.